The van der Waals surface area contributed by atoms with Gasteiger partial charge in [0.25, 0.3) is 0 Å². The number of sulfonamides is 1. The first-order chi connectivity index (χ1) is 11.3. The second-order valence-electron chi connectivity index (χ2n) is 5.53. The van der Waals surface area contributed by atoms with Crippen molar-refractivity contribution in [3.8, 4) is 0 Å². The summed E-state index contributed by atoms with van der Waals surface area (Å²) in [5.74, 6) is -0.0547. The van der Waals surface area contributed by atoms with Crippen LogP contribution in [0.3, 0.4) is 0 Å². The van der Waals surface area contributed by atoms with Gasteiger partial charge in [0, 0.05) is 10.9 Å². The molecule has 1 atom stereocenters. The molecule has 3 N–H and O–H groups in total. The molecule has 128 valence electrons. The summed E-state index contributed by atoms with van der Waals surface area (Å²) >= 11 is 3.38. The van der Waals surface area contributed by atoms with E-state index in [1.165, 1.54) is 12.1 Å². The molecule has 0 saturated carbocycles. The highest BCUT2D eigenvalue weighted by Gasteiger charge is 2.10. The third-order valence-corrected chi connectivity index (χ3v) is 5.10. The second-order valence-corrected chi connectivity index (χ2v) is 8.01. The maximum atomic E-state index is 12.1. The Morgan fingerprint density at radius 1 is 1.12 bits per heavy atom. The van der Waals surface area contributed by atoms with Crippen molar-refractivity contribution >= 4 is 31.9 Å². The fourth-order valence-electron chi connectivity index (χ4n) is 2.25. The SMILES string of the molecule is C[C@@H](NC(=O)CCc1ccc(S(N)(=O)=O)cc1)c1ccc(Br)cc1. The summed E-state index contributed by atoms with van der Waals surface area (Å²) in [4.78, 5) is 12.1. The molecular formula is C17H19BrN2O3S. The molecule has 0 aliphatic heterocycles. The molecule has 0 spiro atoms. The molecule has 0 bridgehead atoms. The van der Waals surface area contributed by atoms with Crippen molar-refractivity contribution in [1.29, 1.82) is 0 Å². The van der Waals surface area contributed by atoms with E-state index >= 15 is 0 Å². The molecule has 0 aliphatic carbocycles. The lowest BCUT2D eigenvalue weighted by molar-refractivity contribution is -0.121. The van der Waals surface area contributed by atoms with Crippen LogP contribution in [0.1, 0.15) is 30.5 Å². The van der Waals surface area contributed by atoms with Gasteiger partial charge in [-0.25, -0.2) is 13.6 Å². The van der Waals surface area contributed by atoms with Crippen LogP contribution in [0, 0.1) is 0 Å². The average molecular weight is 411 g/mol. The number of rotatable bonds is 6. The van der Waals surface area contributed by atoms with Crippen molar-refractivity contribution in [2.24, 2.45) is 5.14 Å². The molecule has 2 aromatic carbocycles. The van der Waals surface area contributed by atoms with E-state index in [0.717, 1.165) is 15.6 Å². The first kappa shape index (κ1) is 18.6. The van der Waals surface area contributed by atoms with Crippen LogP contribution < -0.4 is 10.5 Å². The Hall–Kier alpha value is -1.70. The first-order valence-corrected chi connectivity index (χ1v) is 9.76. The van der Waals surface area contributed by atoms with Gasteiger partial charge in [-0.1, -0.05) is 40.2 Å². The quantitative estimate of drug-likeness (QED) is 0.766. The highest BCUT2D eigenvalue weighted by atomic mass is 79.9. The Labute approximate surface area is 150 Å². The Morgan fingerprint density at radius 2 is 1.71 bits per heavy atom. The number of halogens is 1. The topological polar surface area (TPSA) is 89.3 Å². The van der Waals surface area contributed by atoms with E-state index in [1.807, 2.05) is 31.2 Å². The third-order valence-electron chi connectivity index (χ3n) is 3.64. The maximum Gasteiger partial charge on any atom is 0.238 e. The highest BCUT2D eigenvalue weighted by molar-refractivity contribution is 9.10. The number of amides is 1. The minimum Gasteiger partial charge on any atom is -0.350 e. The van der Waals surface area contributed by atoms with Crippen LogP contribution in [0.2, 0.25) is 0 Å². The Morgan fingerprint density at radius 3 is 2.25 bits per heavy atom. The fourth-order valence-corrected chi connectivity index (χ4v) is 3.03. The Bertz CT molecular complexity index is 803. The number of aryl methyl sites for hydroxylation is 1. The van der Waals surface area contributed by atoms with E-state index in [0.29, 0.717) is 12.8 Å². The van der Waals surface area contributed by atoms with E-state index in [1.54, 1.807) is 12.1 Å². The number of nitrogens with two attached hydrogens (primary N) is 1. The van der Waals surface area contributed by atoms with Crippen LogP contribution in [0.5, 0.6) is 0 Å². The molecule has 0 heterocycles. The molecule has 7 heteroatoms. The van der Waals surface area contributed by atoms with Crippen molar-refractivity contribution in [2.75, 3.05) is 0 Å². The summed E-state index contributed by atoms with van der Waals surface area (Å²) in [6.45, 7) is 1.93. The molecule has 0 saturated heterocycles. The molecule has 2 rings (SSSR count). The summed E-state index contributed by atoms with van der Waals surface area (Å²) in [6, 6.07) is 14.0. The van der Waals surface area contributed by atoms with Gasteiger partial charge in [0.05, 0.1) is 10.9 Å². The Balaban J connectivity index is 1.87. The van der Waals surface area contributed by atoms with Gasteiger partial charge in [-0.2, -0.15) is 0 Å². The summed E-state index contributed by atoms with van der Waals surface area (Å²) in [5.41, 5.74) is 1.91. The smallest absolute Gasteiger partial charge is 0.238 e. The number of carbonyl (C=O) groups excluding carboxylic acids is 1. The molecule has 0 unspecified atom stereocenters. The molecular weight excluding hydrogens is 392 g/mol. The fraction of sp³-hybridized carbons (Fsp3) is 0.235. The van der Waals surface area contributed by atoms with Gasteiger partial charge in [0.15, 0.2) is 0 Å². The van der Waals surface area contributed by atoms with Gasteiger partial charge in [0.1, 0.15) is 0 Å². The first-order valence-electron chi connectivity index (χ1n) is 7.42. The highest BCUT2D eigenvalue weighted by Crippen LogP contribution is 2.17. The van der Waals surface area contributed by atoms with E-state index in [9.17, 15) is 13.2 Å². The van der Waals surface area contributed by atoms with Crippen molar-refractivity contribution in [3.63, 3.8) is 0 Å². The zero-order valence-electron chi connectivity index (χ0n) is 13.2. The van der Waals surface area contributed by atoms with E-state index in [-0.39, 0.29) is 16.8 Å². The van der Waals surface area contributed by atoms with E-state index < -0.39 is 10.0 Å². The number of hydrogen-bond donors (Lipinski definition) is 2. The average Bonchev–Trinajstić information content (AvgIpc) is 2.53. The number of nitrogens with one attached hydrogen (secondary N) is 1. The number of benzene rings is 2. The van der Waals surface area contributed by atoms with Gasteiger partial charge in [-0.15, -0.1) is 0 Å². The van der Waals surface area contributed by atoms with Crippen molar-refractivity contribution in [2.45, 2.75) is 30.7 Å². The summed E-state index contributed by atoms with van der Waals surface area (Å²) in [5, 5.41) is 8.00. The number of primary sulfonamides is 1. The van der Waals surface area contributed by atoms with Crippen LogP contribution in [-0.2, 0) is 21.2 Å². The third kappa shape index (κ3) is 5.43. The molecule has 24 heavy (non-hydrogen) atoms. The zero-order valence-corrected chi connectivity index (χ0v) is 15.6. The lowest BCUT2D eigenvalue weighted by atomic mass is 10.1. The Kier molecular flexibility index (Phi) is 6.15. The molecule has 0 radical (unpaired) electrons. The summed E-state index contributed by atoms with van der Waals surface area (Å²) in [6.07, 6.45) is 0.860. The van der Waals surface area contributed by atoms with Gasteiger partial charge >= 0.3 is 0 Å². The van der Waals surface area contributed by atoms with Crippen LogP contribution in [0.4, 0.5) is 0 Å². The van der Waals surface area contributed by atoms with Gasteiger partial charge < -0.3 is 5.32 Å². The van der Waals surface area contributed by atoms with Crippen LogP contribution in [0.15, 0.2) is 57.9 Å². The normalized spacial score (nSPS) is 12.6. The van der Waals surface area contributed by atoms with Crippen LogP contribution >= 0.6 is 15.9 Å². The molecule has 0 fully saturated rings. The lowest BCUT2D eigenvalue weighted by Crippen LogP contribution is -2.26. The van der Waals surface area contributed by atoms with E-state index in [4.69, 9.17) is 5.14 Å². The minimum atomic E-state index is -3.68. The van der Waals surface area contributed by atoms with Gasteiger partial charge in [0.2, 0.25) is 15.9 Å². The summed E-state index contributed by atoms with van der Waals surface area (Å²) in [7, 11) is -3.68. The van der Waals surface area contributed by atoms with Crippen molar-refractivity contribution < 1.29 is 13.2 Å². The summed E-state index contributed by atoms with van der Waals surface area (Å²) < 4.78 is 23.4. The van der Waals surface area contributed by atoms with Crippen molar-refractivity contribution in [3.05, 3.63) is 64.1 Å². The van der Waals surface area contributed by atoms with E-state index in [2.05, 4.69) is 21.2 Å². The maximum absolute atomic E-state index is 12.1. The standard InChI is InChI=1S/C17H19BrN2O3S/c1-12(14-5-7-15(18)8-6-14)20-17(21)11-4-13-2-9-16(10-3-13)24(19,22)23/h2-3,5-10,12H,4,11H2,1H3,(H,20,21)(H2,19,22,23)/t12-/m1/s1. The molecule has 0 aliphatic rings. The predicted octanol–water partition coefficient (Wildman–Crippen LogP) is 2.91. The van der Waals surface area contributed by atoms with Gasteiger partial charge in [-0.05, 0) is 48.7 Å². The molecule has 2 aromatic rings. The van der Waals surface area contributed by atoms with Gasteiger partial charge in [-0.3, -0.25) is 4.79 Å². The largest absolute Gasteiger partial charge is 0.350 e. The lowest BCUT2D eigenvalue weighted by Gasteiger charge is -2.14. The van der Waals surface area contributed by atoms with Crippen molar-refractivity contribution in [1.82, 2.24) is 5.32 Å². The molecule has 0 aromatic heterocycles. The monoisotopic (exact) mass is 410 g/mol. The second kappa shape index (κ2) is 7.92. The number of hydrogen-bond acceptors (Lipinski definition) is 3. The van der Waals surface area contributed by atoms with Crippen LogP contribution in [-0.4, -0.2) is 14.3 Å². The molecule has 1 amide bonds. The number of carbonyl (C=O) groups is 1. The predicted molar refractivity (Wildman–Crippen MR) is 96.8 cm³/mol. The molecule has 5 nitrogen and oxygen atoms in total. The zero-order chi connectivity index (χ0) is 17.7. The minimum absolute atomic E-state index is 0.0547. The van der Waals surface area contributed by atoms with Crippen LogP contribution in [0.25, 0.3) is 0 Å².